The van der Waals surface area contributed by atoms with Crippen molar-refractivity contribution >= 4 is 0 Å². The standard InChI is InChI=1S/C12H25NO2/c1-4-11(2,9-14)8-13-12(3)6-5-7-15-10-12/h13-14H,4-10H2,1-3H3. The number of rotatable bonds is 5. The second-order valence-corrected chi connectivity index (χ2v) is 5.39. The smallest absolute Gasteiger partial charge is 0.0645 e. The molecule has 2 N–H and O–H groups in total. The minimum atomic E-state index is 0.000454. The van der Waals surface area contributed by atoms with Gasteiger partial charge in [0.1, 0.15) is 0 Å². The molecule has 1 aliphatic rings. The monoisotopic (exact) mass is 215 g/mol. The highest BCUT2D eigenvalue weighted by Crippen LogP contribution is 2.23. The number of hydrogen-bond acceptors (Lipinski definition) is 3. The van der Waals surface area contributed by atoms with Gasteiger partial charge in [0.25, 0.3) is 0 Å². The second kappa shape index (κ2) is 5.28. The van der Waals surface area contributed by atoms with Crippen molar-refractivity contribution in [3.05, 3.63) is 0 Å². The highest BCUT2D eigenvalue weighted by atomic mass is 16.5. The van der Waals surface area contributed by atoms with E-state index >= 15 is 0 Å². The van der Waals surface area contributed by atoms with Gasteiger partial charge in [0.05, 0.1) is 6.61 Å². The van der Waals surface area contributed by atoms with Gasteiger partial charge in [0.15, 0.2) is 0 Å². The minimum Gasteiger partial charge on any atom is -0.396 e. The van der Waals surface area contributed by atoms with Crippen LogP contribution in [0, 0.1) is 5.41 Å². The van der Waals surface area contributed by atoms with Crippen molar-refractivity contribution in [1.82, 2.24) is 5.32 Å². The largest absolute Gasteiger partial charge is 0.396 e. The maximum absolute atomic E-state index is 9.33. The molecule has 1 heterocycles. The fourth-order valence-electron chi connectivity index (χ4n) is 1.79. The molecule has 0 bridgehead atoms. The molecule has 0 radical (unpaired) electrons. The topological polar surface area (TPSA) is 41.5 Å². The van der Waals surface area contributed by atoms with E-state index < -0.39 is 0 Å². The first-order valence-corrected chi connectivity index (χ1v) is 5.97. The van der Waals surface area contributed by atoms with E-state index in [1.54, 1.807) is 0 Å². The van der Waals surface area contributed by atoms with Crippen LogP contribution >= 0.6 is 0 Å². The predicted molar refractivity (Wildman–Crippen MR) is 61.9 cm³/mol. The van der Waals surface area contributed by atoms with Gasteiger partial charge in [-0.25, -0.2) is 0 Å². The summed E-state index contributed by atoms with van der Waals surface area (Å²) in [5, 5.41) is 12.9. The second-order valence-electron chi connectivity index (χ2n) is 5.39. The summed E-state index contributed by atoms with van der Waals surface area (Å²) >= 11 is 0. The third-order valence-electron chi connectivity index (χ3n) is 3.62. The molecule has 1 fully saturated rings. The van der Waals surface area contributed by atoms with E-state index in [4.69, 9.17) is 4.74 Å². The highest BCUT2D eigenvalue weighted by Gasteiger charge is 2.30. The molecule has 1 aliphatic heterocycles. The third-order valence-corrected chi connectivity index (χ3v) is 3.62. The molecule has 15 heavy (non-hydrogen) atoms. The van der Waals surface area contributed by atoms with E-state index in [2.05, 4.69) is 26.1 Å². The summed E-state index contributed by atoms with van der Waals surface area (Å²) in [7, 11) is 0. The number of aliphatic hydroxyl groups is 1. The predicted octanol–water partition coefficient (Wildman–Crippen LogP) is 1.55. The number of hydrogen-bond donors (Lipinski definition) is 2. The number of nitrogens with one attached hydrogen (secondary N) is 1. The van der Waals surface area contributed by atoms with Gasteiger partial charge in [0, 0.05) is 30.7 Å². The summed E-state index contributed by atoms with van der Waals surface area (Å²) in [6.45, 7) is 9.23. The van der Waals surface area contributed by atoms with E-state index in [1.807, 2.05) is 0 Å². The zero-order valence-corrected chi connectivity index (χ0v) is 10.3. The van der Waals surface area contributed by atoms with Crippen molar-refractivity contribution in [1.29, 1.82) is 0 Å². The maximum Gasteiger partial charge on any atom is 0.0645 e. The van der Waals surface area contributed by atoms with E-state index in [0.29, 0.717) is 0 Å². The van der Waals surface area contributed by atoms with Crippen LogP contribution in [0.25, 0.3) is 0 Å². The van der Waals surface area contributed by atoms with E-state index in [0.717, 1.165) is 39.0 Å². The zero-order chi connectivity index (χ0) is 11.4. The van der Waals surface area contributed by atoms with Gasteiger partial charge in [-0.2, -0.15) is 0 Å². The average molecular weight is 215 g/mol. The van der Waals surface area contributed by atoms with Gasteiger partial charge in [-0.1, -0.05) is 13.8 Å². The molecule has 0 aromatic carbocycles. The van der Waals surface area contributed by atoms with Crippen LogP contribution in [0.5, 0.6) is 0 Å². The molecule has 0 saturated carbocycles. The Hall–Kier alpha value is -0.120. The van der Waals surface area contributed by atoms with Gasteiger partial charge in [-0.15, -0.1) is 0 Å². The molecular formula is C12H25NO2. The Morgan fingerprint density at radius 1 is 1.53 bits per heavy atom. The molecule has 0 aromatic heterocycles. The highest BCUT2D eigenvalue weighted by molar-refractivity contribution is 4.88. The lowest BCUT2D eigenvalue weighted by molar-refractivity contribution is 0.0191. The summed E-state index contributed by atoms with van der Waals surface area (Å²) in [6.07, 6.45) is 3.29. The minimum absolute atomic E-state index is 0.000454. The lowest BCUT2D eigenvalue weighted by Gasteiger charge is -2.38. The first-order valence-electron chi connectivity index (χ1n) is 5.97. The number of aliphatic hydroxyl groups excluding tert-OH is 1. The maximum atomic E-state index is 9.33. The Balaban J connectivity index is 2.40. The van der Waals surface area contributed by atoms with Crippen LogP contribution in [0.3, 0.4) is 0 Å². The molecule has 2 unspecified atom stereocenters. The zero-order valence-electron chi connectivity index (χ0n) is 10.3. The van der Waals surface area contributed by atoms with E-state index in [9.17, 15) is 5.11 Å². The summed E-state index contributed by atoms with van der Waals surface area (Å²) in [5.74, 6) is 0. The molecule has 1 saturated heterocycles. The quantitative estimate of drug-likeness (QED) is 0.731. The van der Waals surface area contributed by atoms with Crippen molar-refractivity contribution < 1.29 is 9.84 Å². The fraction of sp³-hybridized carbons (Fsp3) is 1.00. The molecule has 3 nitrogen and oxygen atoms in total. The molecular weight excluding hydrogens is 190 g/mol. The number of ether oxygens (including phenoxy) is 1. The molecule has 0 aliphatic carbocycles. The summed E-state index contributed by atoms with van der Waals surface area (Å²) in [5.41, 5.74) is 0.101. The normalized spacial score (nSPS) is 31.2. The van der Waals surface area contributed by atoms with Gasteiger partial charge in [-0.3, -0.25) is 0 Å². The SMILES string of the molecule is CCC(C)(CO)CNC1(C)CCCOC1. The Kier molecular flexibility index (Phi) is 4.56. The van der Waals surface area contributed by atoms with Crippen molar-refractivity contribution in [2.45, 2.75) is 45.6 Å². The van der Waals surface area contributed by atoms with Gasteiger partial charge in [-0.05, 0) is 26.2 Å². The third kappa shape index (κ3) is 3.74. The Bertz CT molecular complexity index is 184. The molecule has 0 amide bonds. The lowest BCUT2D eigenvalue weighted by Crippen LogP contribution is -2.52. The molecule has 2 atom stereocenters. The van der Waals surface area contributed by atoms with Crippen molar-refractivity contribution in [2.75, 3.05) is 26.4 Å². The molecule has 0 aromatic rings. The van der Waals surface area contributed by atoms with Crippen LogP contribution in [0.2, 0.25) is 0 Å². The van der Waals surface area contributed by atoms with Crippen LogP contribution in [0.4, 0.5) is 0 Å². The van der Waals surface area contributed by atoms with Crippen LogP contribution in [-0.4, -0.2) is 37.0 Å². The first-order chi connectivity index (χ1) is 7.04. The molecule has 3 heteroatoms. The molecule has 1 rings (SSSR count). The van der Waals surface area contributed by atoms with Crippen LogP contribution < -0.4 is 5.32 Å². The van der Waals surface area contributed by atoms with Gasteiger partial charge >= 0.3 is 0 Å². The van der Waals surface area contributed by atoms with E-state index in [-0.39, 0.29) is 17.6 Å². The van der Waals surface area contributed by atoms with E-state index in [1.165, 1.54) is 0 Å². The van der Waals surface area contributed by atoms with Crippen molar-refractivity contribution in [3.63, 3.8) is 0 Å². The summed E-state index contributed by atoms with van der Waals surface area (Å²) in [6, 6.07) is 0. The molecule has 90 valence electrons. The Morgan fingerprint density at radius 3 is 2.73 bits per heavy atom. The lowest BCUT2D eigenvalue weighted by atomic mass is 9.86. The Morgan fingerprint density at radius 2 is 2.27 bits per heavy atom. The molecule has 0 spiro atoms. The Labute approximate surface area is 93.2 Å². The summed E-state index contributed by atoms with van der Waals surface area (Å²) < 4.78 is 5.49. The fourth-order valence-corrected chi connectivity index (χ4v) is 1.79. The first kappa shape index (κ1) is 12.9. The van der Waals surface area contributed by atoms with Crippen LogP contribution in [0.1, 0.15) is 40.0 Å². The van der Waals surface area contributed by atoms with Crippen molar-refractivity contribution in [2.24, 2.45) is 5.41 Å². The van der Waals surface area contributed by atoms with Gasteiger partial charge < -0.3 is 15.2 Å². The van der Waals surface area contributed by atoms with Crippen LogP contribution in [0.15, 0.2) is 0 Å². The van der Waals surface area contributed by atoms with Gasteiger partial charge in [0.2, 0.25) is 0 Å². The van der Waals surface area contributed by atoms with Crippen LogP contribution in [-0.2, 0) is 4.74 Å². The summed E-state index contributed by atoms with van der Waals surface area (Å²) in [4.78, 5) is 0. The average Bonchev–Trinajstić information content (AvgIpc) is 2.27. The van der Waals surface area contributed by atoms with Crippen molar-refractivity contribution in [3.8, 4) is 0 Å².